The summed E-state index contributed by atoms with van der Waals surface area (Å²) in [5.41, 5.74) is 13.4. The zero-order valence-electron chi connectivity index (χ0n) is 26.5. The fraction of sp³-hybridized carbons (Fsp3) is 0.385. The molecule has 0 atom stereocenters. The maximum atomic E-state index is 2.63. The average Bonchev–Trinajstić information content (AvgIpc) is 3.09. The van der Waals surface area contributed by atoms with E-state index < -0.39 is 0 Å². The van der Waals surface area contributed by atoms with Gasteiger partial charge in [0, 0.05) is 22.3 Å². The monoisotopic (exact) mass is 529 g/mol. The van der Waals surface area contributed by atoms with Crippen LogP contribution in [0.5, 0.6) is 0 Å². The molecule has 0 saturated heterocycles. The van der Waals surface area contributed by atoms with Crippen LogP contribution in [-0.2, 0) is 16.2 Å². The van der Waals surface area contributed by atoms with Crippen molar-refractivity contribution in [3.8, 4) is 22.3 Å². The second kappa shape index (κ2) is 9.37. The van der Waals surface area contributed by atoms with Gasteiger partial charge < -0.3 is 4.90 Å². The molecule has 5 rings (SSSR count). The Morgan fingerprint density at radius 2 is 1.05 bits per heavy atom. The molecule has 0 saturated carbocycles. The molecular weight excluding hydrogens is 482 g/mol. The Morgan fingerprint density at radius 1 is 0.500 bits per heavy atom. The van der Waals surface area contributed by atoms with Crippen molar-refractivity contribution in [1.29, 1.82) is 0 Å². The van der Waals surface area contributed by atoms with Crippen molar-refractivity contribution in [2.45, 2.75) is 97.9 Å². The number of anilines is 2. The molecule has 0 amide bonds. The van der Waals surface area contributed by atoms with Crippen molar-refractivity contribution in [2.24, 2.45) is 0 Å². The van der Waals surface area contributed by atoms with Crippen LogP contribution in [0.1, 0.15) is 98.4 Å². The molecule has 1 aliphatic carbocycles. The van der Waals surface area contributed by atoms with Crippen molar-refractivity contribution in [3.63, 3.8) is 0 Å². The highest BCUT2D eigenvalue weighted by molar-refractivity contribution is 5.90. The smallest absolute Gasteiger partial charge is 0.0460 e. The van der Waals surface area contributed by atoms with Gasteiger partial charge in [-0.2, -0.15) is 0 Å². The van der Waals surface area contributed by atoms with Crippen LogP contribution in [0.3, 0.4) is 0 Å². The van der Waals surface area contributed by atoms with Crippen molar-refractivity contribution in [1.82, 2.24) is 0 Å². The molecule has 40 heavy (non-hydrogen) atoms. The van der Waals surface area contributed by atoms with Crippen LogP contribution < -0.4 is 4.90 Å². The van der Waals surface area contributed by atoms with E-state index in [9.17, 15) is 0 Å². The van der Waals surface area contributed by atoms with Gasteiger partial charge >= 0.3 is 0 Å². The van der Waals surface area contributed by atoms with Crippen LogP contribution in [0.4, 0.5) is 11.4 Å². The molecule has 0 unspecified atom stereocenters. The molecule has 1 heteroatoms. The van der Waals surface area contributed by atoms with Crippen molar-refractivity contribution in [2.75, 3.05) is 4.90 Å². The average molecular weight is 530 g/mol. The Balaban J connectivity index is 1.89. The van der Waals surface area contributed by atoms with E-state index in [0.29, 0.717) is 0 Å². The van der Waals surface area contributed by atoms with Gasteiger partial charge in [-0.25, -0.2) is 0 Å². The molecule has 1 nitrogen and oxygen atoms in total. The summed E-state index contributed by atoms with van der Waals surface area (Å²) in [7, 11) is 0. The summed E-state index contributed by atoms with van der Waals surface area (Å²) in [6.07, 6.45) is 0. The number of nitrogens with zero attached hydrogens (tertiary/aromatic N) is 1. The lowest BCUT2D eigenvalue weighted by Crippen LogP contribution is -2.40. The van der Waals surface area contributed by atoms with E-state index in [-0.39, 0.29) is 21.8 Å². The zero-order valence-corrected chi connectivity index (χ0v) is 26.5. The number of benzene rings is 4. The van der Waals surface area contributed by atoms with Crippen molar-refractivity contribution >= 4 is 11.4 Å². The number of hydrogen-bond donors (Lipinski definition) is 0. The minimum atomic E-state index is -0.156. The van der Waals surface area contributed by atoms with E-state index in [4.69, 9.17) is 0 Å². The lowest BCUT2D eigenvalue weighted by molar-refractivity contribution is 0.533. The van der Waals surface area contributed by atoms with E-state index in [1.54, 1.807) is 0 Å². The number of fused-ring (bicyclic) bond motifs is 3. The van der Waals surface area contributed by atoms with Crippen LogP contribution in [-0.4, -0.2) is 5.54 Å². The minimum Gasteiger partial charge on any atom is -0.336 e. The second-order valence-corrected chi connectivity index (χ2v) is 15.1. The summed E-state index contributed by atoms with van der Waals surface area (Å²) in [6, 6.07) is 31.6. The van der Waals surface area contributed by atoms with Gasteiger partial charge in [-0.3, -0.25) is 0 Å². The van der Waals surface area contributed by atoms with E-state index >= 15 is 0 Å². The first-order valence-electron chi connectivity index (χ1n) is 14.8. The van der Waals surface area contributed by atoms with E-state index in [0.717, 1.165) is 0 Å². The molecular formula is C39H47N. The maximum absolute atomic E-state index is 2.63. The van der Waals surface area contributed by atoms with E-state index in [1.807, 2.05) is 0 Å². The zero-order chi connectivity index (χ0) is 29.3. The molecule has 0 aromatic heterocycles. The fourth-order valence-electron chi connectivity index (χ4n) is 6.95. The van der Waals surface area contributed by atoms with Crippen molar-refractivity contribution in [3.05, 3.63) is 107 Å². The highest BCUT2D eigenvalue weighted by Gasteiger charge is 2.41. The van der Waals surface area contributed by atoms with Gasteiger partial charge in [0.05, 0.1) is 0 Å². The Morgan fingerprint density at radius 3 is 1.65 bits per heavy atom. The number of rotatable bonds is 3. The van der Waals surface area contributed by atoms with Gasteiger partial charge in [-0.05, 0) is 88.2 Å². The topological polar surface area (TPSA) is 3.24 Å². The van der Waals surface area contributed by atoms with Gasteiger partial charge in [-0.15, -0.1) is 0 Å². The summed E-state index contributed by atoms with van der Waals surface area (Å²) >= 11 is 0. The Labute approximate surface area is 243 Å². The first-order chi connectivity index (χ1) is 18.5. The molecule has 4 aromatic rings. The molecule has 0 N–H and O–H groups in total. The normalized spacial score (nSPS) is 14.6. The first kappa shape index (κ1) is 28.2. The van der Waals surface area contributed by atoms with Crippen LogP contribution in [0, 0.1) is 0 Å². The third-order valence-electron chi connectivity index (χ3n) is 8.51. The van der Waals surface area contributed by atoms with Gasteiger partial charge in [0.1, 0.15) is 0 Å². The summed E-state index contributed by atoms with van der Waals surface area (Å²) in [6.45, 7) is 26.0. The summed E-state index contributed by atoms with van der Waals surface area (Å²) < 4.78 is 0. The van der Waals surface area contributed by atoms with Crippen LogP contribution >= 0.6 is 0 Å². The molecule has 0 aliphatic heterocycles. The van der Waals surface area contributed by atoms with Gasteiger partial charge in [0.15, 0.2) is 0 Å². The lowest BCUT2D eigenvalue weighted by Gasteiger charge is -2.44. The molecule has 0 bridgehead atoms. The van der Waals surface area contributed by atoms with Crippen molar-refractivity contribution < 1.29 is 0 Å². The van der Waals surface area contributed by atoms with Crippen LogP contribution in [0.2, 0.25) is 0 Å². The predicted molar refractivity (Wildman–Crippen MR) is 175 cm³/mol. The largest absolute Gasteiger partial charge is 0.336 e. The van der Waals surface area contributed by atoms with Gasteiger partial charge in [0.2, 0.25) is 0 Å². The lowest BCUT2D eigenvalue weighted by atomic mass is 9.76. The highest BCUT2D eigenvalue weighted by atomic mass is 15.2. The Hall–Kier alpha value is -3.32. The van der Waals surface area contributed by atoms with E-state index in [1.165, 1.54) is 55.9 Å². The predicted octanol–water partition coefficient (Wildman–Crippen LogP) is 11.2. The Bertz CT molecular complexity index is 1550. The molecule has 0 fully saturated rings. The highest BCUT2D eigenvalue weighted by Crippen LogP contribution is 2.56. The third-order valence-corrected chi connectivity index (χ3v) is 8.51. The van der Waals surface area contributed by atoms with Gasteiger partial charge in [-0.1, -0.05) is 128 Å². The fourth-order valence-corrected chi connectivity index (χ4v) is 6.95. The Kier molecular flexibility index (Phi) is 6.61. The standard InChI is InChI=1S/C39H47N/c1-36(2,3)34-27(26-18-13-12-14-19-26)21-17-23-31(34)40(38(7,8)9)32-25-24-30-33(35(32)37(4,5)6)28-20-15-16-22-29(28)39(30,10)11/h12-25H,1-11H3. The third kappa shape index (κ3) is 4.58. The quantitative estimate of drug-likeness (QED) is 0.255. The van der Waals surface area contributed by atoms with E-state index in [2.05, 4.69) is 166 Å². The SMILES string of the molecule is CC(C)(C)c1c(-c2ccccc2)cccc1N(c1ccc2c(c1C(C)(C)C)-c1ccccc1C2(C)C)C(C)(C)C. The molecule has 4 aromatic carbocycles. The molecule has 0 radical (unpaired) electrons. The summed E-state index contributed by atoms with van der Waals surface area (Å²) in [5.74, 6) is 0. The molecule has 1 aliphatic rings. The van der Waals surface area contributed by atoms with Gasteiger partial charge in [0.25, 0.3) is 0 Å². The molecule has 208 valence electrons. The summed E-state index contributed by atoms with van der Waals surface area (Å²) in [5, 5.41) is 0. The summed E-state index contributed by atoms with van der Waals surface area (Å²) in [4.78, 5) is 2.63. The maximum Gasteiger partial charge on any atom is 0.0460 e. The second-order valence-electron chi connectivity index (χ2n) is 15.1. The minimum absolute atomic E-state index is 0.0270. The first-order valence-corrected chi connectivity index (χ1v) is 14.8. The molecule has 0 spiro atoms. The number of hydrogen-bond acceptors (Lipinski definition) is 1. The molecule has 0 heterocycles. The van der Waals surface area contributed by atoms with Crippen LogP contribution in [0.15, 0.2) is 84.9 Å². The van der Waals surface area contributed by atoms with Crippen LogP contribution in [0.25, 0.3) is 22.3 Å².